The van der Waals surface area contributed by atoms with E-state index in [0.29, 0.717) is 19.6 Å². The molecule has 4 nitrogen and oxygen atoms in total. The van der Waals surface area contributed by atoms with Gasteiger partial charge in [0.1, 0.15) is 5.54 Å². The van der Waals surface area contributed by atoms with Crippen molar-refractivity contribution in [3.63, 3.8) is 0 Å². The molecule has 2 rings (SSSR count). The highest BCUT2D eigenvalue weighted by Crippen LogP contribution is 2.35. The number of nitriles is 2. The number of hydrogen-bond donors (Lipinski definition) is 0. The Morgan fingerprint density at radius 3 is 2.62 bits per heavy atom. The third-order valence-electron chi connectivity index (χ3n) is 4.05. The molecule has 2 atom stereocenters. The van der Waals surface area contributed by atoms with Crippen LogP contribution >= 0.6 is 0 Å². The molecule has 21 heavy (non-hydrogen) atoms. The molecule has 0 saturated carbocycles. The number of aryl methyl sites for hydroxylation is 1. The predicted octanol–water partition coefficient (Wildman–Crippen LogP) is 2.60. The first-order valence-corrected chi connectivity index (χ1v) is 7.33. The van der Waals surface area contributed by atoms with Crippen LogP contribution in [0.1, 0.15) is 24.5 Å². The van der Waals surface area contributed by atoms with Crippen LogP contribution in [-0.4, -0.2) is 31.2 Å². The zero-order valence-electron chi connectivity index (χ0n) is 12.7. The second-order valence-electron chi connectivity index (χ2n) is 5.68. The van der Waals surface area contributed by atoms with Gasteiger partial charge in [-0.3, -0.25) is 4.90 Å². The fourth-order valence-electron chi connectivity index (χ4n) is 2.95. The summed E-state index contributed by atoms with van der Waals surface area (Å²) in [6, 6.07) is 12.8. The van der Waals surface area contributed by atoms with Crippen molar-refractivity contribution >= 4 is 0 Å². The van der Waals surface area contributed by atoms with Crippen molar-refractivity contribution in [1.29, 1.82) is 10.5 Å². The molecule has 0 unspecified atom stereocenters. The molecule has 4 heteroatoms. The third-order valence-corrected chi connectivity index (χ3v) is 4.05. The van der Waals surface area contributed by atoms with Crippen LogP contribution in [0.2, 0.25) is 0 Å². The Bertz CT molecular complexity index is 566. The van der Waals surface area contributed by atoms with Gasteiger partial charge in [-0.15, -0.1) is 0 Å². The lowest BCUT2D eigenvalue weighted by Gasteiger charge is -2.42. The van der Waals surface area contributed by atoms with Gasteiger partial charge >= 0.3 is 0 Å². The molecule has 0 radical (unpaired) electrons. The van der Waals surface area contributed by atoms with Crippen molar-refractivity contribution in [2.24, 2.45) is 5.92 Å². The summed E-state index contributed by atoms with van der Waals surface area (Å²) in [5.41, 5.74) is 1.37. The van der Waals surface area contributed by atoms with Crippen LogP contribution in [0.25, 0.3) is 0 Å². The van der Waals surface area contributed by atoms with Gasteiger partial charge in [0, 0.05) is 19.0 Å². The maximum atomic E-state index is 9.98. The highest BCUT2D eigenvalue weighted by molar-refractivity contribution is 5.35. The van der Waals surface area contributed by atoms with Crippen molar-refractivity contribution in [2.75, 3.05) is 26.3 Å². The summed E-state index contributed by atoms with van der Waals surface area (Å²) >= 11 is 0. The highest BCUT2D eigenvalue weighted by Gasteiger charge is 2.41. The van der Waals surface area contributed by atoms with Crippen LogP contribution in [0, 0.1) is 35.5 Å². The molecule has 1 aliphatic heterocycles. The monoisotopic (exact) mass is 283 g/mol. The Balaban J connectivity index is 2.46. The predicted molar refractivity (Wildman–Crippen MR) is 80.3 cm³/mol. The van der Waals surface area contributed by atoms with E-state index < -0.39 is 5.54 Å². The second-order valence-corrected chi connectivity index (χ2v) is 5.68. The number of benzene rings is 1. The van der Waals surface area contributed by atoms with E-state index in [2.05, 4.69) is 23.1 Å². The summed E-state index contributed by atoms with van der Waals surface area (Å²) in [7, 11) is 0. The maximum absolute atomic E-state index is 9.98. The summed E-state index contributed by atoms with van der Waals surface area (Å²) in [6.45, 7) is 6.62. The van der Waals surface area contributed by atoms with Gasteiger partial charge in [0.2, 0.25) is 0 Å². The molecule has 1 aromatic rings. The van der Waals surface area contributed by atoms with Gasteiger partial charge in [-0.25, -0.2) is 0 Å². The molecule has 0 aliphatic carbocycles. The van der Waals surface area contributed by atoms with Crippen molar-refractivity contribution in [3.05, 3.63) is 35.4 Å². The van der Waals surface area contributed by atoms with E-state index in [4.69, 9.17) is 4.74 Å². The van der Waals surface area contributed by atoms with Gasteiger partial charge in [0.15, 0.2) is 0 Å². The molecule has 0 aromatic heterocycles. The summed E-state index contributed by atoms with van der Waals surface area (Å²) < 4.78 is 5.41. The number of nitrogens with zero attached hydrogens (tertiary/aromatic N) is 3. The average Bonchev–Trinajstić information content (AvgIpc) is 2.53. The van der Waals surface area contributed by atoms with E-state index in [1.165, 1.54) is 0 Å². The Morgan fingerprint density at radius 1 is 1.33 bits per heavy atom. The van der Waals surface area contributed by atoms with E-state index in [0.717, 1.165) is 24.2 Å². The van der Waals surface area contributed by atoms with Crippen molar-refractivity contribution in [2.45, 2.75) is 25.8 Å². The quantitative estimate of drug-likeness (QED) is 0.852. The first-order valence-electron chi connectivity index (χ1n) is 7.33. The normalized spacial score (nSPS) is 20.0. The van der Waals surface area contributed by atoms with Crippen molar-refractivity contribution in [1.82, 2.24) is 4.90 Å². The zero-order chi connectivity index (χ0) is 15.3. The number of rotatable bonds is 4. The molecule has 0 bridgehead atoms. The first kappa shape index (κ1) is 15.5. The Morgan fingerprint density at radius 2 is 2.05 bits per heavy atom. The minimum Gasteiger partial charge on any atom is -0.379 e. The Hall–Kier alpha value is -1.88. The fraction of sp³-hybridized carbons (Fsp3) is 0.529. The second kappa shape index (κ2) is 6.72. The summed E-state index contributed by atoms with van der Waals surface area (Å²) in [5, 5.41) is 19.2. The van der Waals surface area contributed by atoms with Crippen LogP contribution in [0.4, 0.5) is 0 Å². The molecule has 1 aliphatic rings. The molecular weight excluding hydrogens is 262 g/mol. The number of morpholine rings is 1. The van der Waals surface area contributed by atoms with Crippen molar-refractivity contribution < 1.29 is 4.74 Å². The molecule has 0 spiro atoms. The van der Waals surface area contributed by atoms with Crippen molar-refractivity contribution in [3.8, 4) is 12.1 Å². The van der Waals surface area contributed by atoms with Crippen LogP contribution in [0.3, 0.4) is 0 Å². The lowest BCUT2D eigenvalue weighted by molar-refractivity contribution is -0.0104. The lowest BCUT2D eigenvalue weighted by Crippen LogP contribution is -2.51. The van der Waals surface area contributed by atoms with E-state index in [-0.39, 0.29) is 5.92 Å². The fourth-order valence-corrected chi connectivity index (χ4v) is 2.95. The van der Waals surface area contributed by atoms with Gasteiger partial charge < -0.3 is 4.74 Å². The Labute approximate surface area is 126 Å². The summed E-state index contributed by atoms with van der Waals surface area (Å²) in [4.78, 5) is 2.17. The van der Waals surface area contributed by atoms with Crippen LogP contribution < -0.4 is 0 Å². The molecule has 1 saturated heterocycles. The van der Waals surface area contributed by atoms with Gasteiger partial charge in [0.05, 0.1) is 25.4 Å². The largest absolute Gasteiger partial charge is 0.379 e. The summed E-state index contributed by atoms with van der Waals surface area (Å²) in [6.07, 6.45) is 0.517. The molecule has 0 N–H and O–H groups in total. The van der Waals surface area contributed by atoms with E-state index in [1.54, 1.807) is 0 Å². The standard InChI is InChI=1S/C17H21N3O/c1-14-4-3-5-16(10-14)17(13-19,11-15(2)12-18)20-6-8-21-9-7-20/h3-5,10,15H,6-9,11H2,1-2H3/t15-,17+/m1/s1. The molecule has 1 heterocycles. The number of ether oxygens (including phenoxy) is 1. The van der Waals surface area contributed by atoms with Gasteiger partial charge in [-0.05, 0) is 25.8 Å². The average molecular weight is 283 g/mol. The zero-order valence-corrected chi connectivity index (χ0v) is 12.7. The molecule has 0 amide bonds. The Kier molecular flexibility index (Phi) is 4.96. The molecular formula is C17H21N3O. The van der Waals surface area contributed by atoms with Crippen LogP contribution in [-0.2, 0) is 10.3 Å². The smallest absolute Gasteiger partial charge is 0.136 e. The SMILES string of the molecule is Cc1cccc([C@@](C#N)(C[C@@H](C)C#N)N2CCOCC2)c1. The van der Waals surface area contributed by atoms with Gasteiger partial charge in [-0.2, -0.15) is 10.5 Å². The third kappa shape index (κ3) is 3.24. The minimum atomic E-state index is -0.745. The molecule has 110 valence electrons. The van der Waals surface area contributed by atoms with Crippen LogP contribution in [0.15, 0.2) is 24.3 Å². The molecule has 1 aromatic carbocycles. The highest BCUT2D eigenvalue weighted by atomic mass is 16.5. The molecule has 1 fully saturated rings. The lowest BCUT2D eigenvalue weighted by atomic mass is 9.81. The summed E-state index contributed by atoms with van der Waals surface area (Å²) in [5.74, 6) is -0.173. The topological polar surface area (TPSA) is 60.0 Å². The van der Waals surface area contributed by atoms with E-state index >= 15 is 0 Å². The minimum absolute atomic E-state index is 0.173. The van der Waals surface area contributed by atoms with Gasteiger partial charge in [0.25, 0.3) is 0 Å². The van der Waals surface area contributed by atoms with Gasteiger partial charge in [-0.1, -0.05) is 29.8 Å². The number of hydrogen-bond acceptors (Lipinski definition) is 4. The first-order chi connectivity index (χ1) is 10.1. The van der Waals surface area contributed by atoms with Crippen LogP contribution in [0.5, 0.6) is 0 Å². The van der Waals surface area contributed by atoms with E-state index in [1.807, 2.05) is 32.0 Å². The van der Waals surface area contributed by atoms with E-state index in [9.17, 15) is 10.5 Å². The maximum Gasteiger partial charge on any atom is 0.136 e.